The van der Waals surface area contributed by atoms with Gasteiger partial charge in [-0.15, -0.1) is 0 Å². The summed E-state index contributed by atoms with van der Waals surface area (Å²) in [5.41, 5.74) is 9.32. The summed E-state index contributed by atoms with van der Waals surface area (Å²) >= 11 is 0. The van der Waals surface area contributed by atoms with Crippen molar-refractivity contribution in [3.8, 4) is 33.5 Å². The summed E-state index contributed by atoms with van der Waals surface area (Å²) < 4.78 is 5.80. The van der Waals surface area contributed by atoms with Crippen molar-refractivity contribution in [2.45, 2.75) is 6.92 Å². The molecule has 0 saturated heterocycles. The van der Waals surface area contributed by atoms with Gasteiger partial charge in [0.05, 0.1) is 12.0 Å². The highest BCUT2D eigenvalue weighted by molar-refractivity contribution is 6.10. The number of nitrogens with zero attached hydrogens (tertiary/aromatic N) is 2. The molecule has 0 N–H and O–H groups in total. The van der Waals surface area contributed by atoms with Crippen molar-refractivity contribution in [2.75, 3.05) is 0 Å². The van der Waals surface area contributed by atoms with Crippen LogP contribution in [-0.4, -0.2) is 9.97 Å². The molecular formula is C33H22N2O. The van der Waals surface area contributed by atoms with Gasteiger partial charge in [0.2, 0.25) is 0 Å². The Kier molecular flexibility index (Phi) is 4.68. The molecule has 36 heavy (non-hydrogen) atoms. The Balaban J connectivity index is 1.40. The van der Waals surface area contributed by atoms with Crippen LogP contribution in [0.2, 0.25) is 0 Å². The van der Waals surface area contributed by atoms with E-state index in [1.165, 1.54) is 21.9 Å². The lowest BCUT2D eigenvalue weighted by Gasteiger charge is -2.13. The summed E-state index contributed by atoms with van der Waals surface area (Å²) in [6, 6.07) is 36.3. The fourth-order valence-corrected chi connectivity index (χ4v) is 5.08. The Morgan fingerprint density at radius 1 is 0.611 bits per heavy atom. The van der Waals surface area contributed by atoms with E-state index in [0.29, 0.717) is 0 Å². The number of aromatic nitrogens is 2. The van der Waals surface area contributed by atoms with E-state index in [0.717, 1.165) is 50.0 Å². The molecule has 0 fully saturated rings. The number of hydrogen-bond acceptors (Lipinski definition) is 3. The van der Waals surface area contributed by atoms with Crippen molar-refractivity contribution in [3.63, 3.8) is 0 Å². The summed E-state index contributed by atoms with van der Waals surface area (Å²) in [7, 11) is 0. The van der Waals surface area contributed by atoms with Crippen molar-refractivity contribution in [3.05, 3.63) is 121 Å². The van der Waals surface area contributed by atoms with Crippen LogP contribution in [0.4, 0.5) is 0 Å². The monoisotopic (exact) mass is 462 g/mol. The highest BCUT2D eigenvalue weighted by Gasteiger charge is 2.16. The van der Waals surface area contributed by atoms with E-state index >= 15 is 0 Å². The third-order valence-corrected chi connectivity index (χ3v) is 6.86. The van der Waals surface area contributed by atoms with Gasteiger partial charge in [-0.05, 0) is 70.8 Å². The first-order valence-corrected chi connectivity index (χ1v) is 12.1. The maximum Gasteiger partial charge on any atom is 0.160 e. The molecule has 4 aromatic carbocycles. The number of hydrogen-bond donors (Lipinski definition) is 0. The van der Waals surface area contributed by atoms with Gasteiger partial charge in [-0.25, -0.2) is 4.98 Å². The van der Waals surface area contributed by atoms with Crippen molar-refractivity contribution < 1.29 is 4.42 Å². The molecule has 3 aromatic heterocycles. The zero-order valence-electron chi connectivity index (χ0n) is 19.8. The molecule has 3 heteroatoms. The van der Waals surface area contributed by atoms with Gasteiger partial charge >= 0.3 is 0 Å². The van der Waals surface area contributed by atoms with Gasteiger partial charge in [-0.2, -0.15) is 0 Å². The van der Waals surface area contributed by atoms with Gasteiger partial charge in [-0.1, -0.05) is 66.7 Å². The van der Waals surface area contributed by atoms with Crippen LogP contribution < -0.4 is 0 Å². The number of benzene rings is 4. The van der Waals surface area contributed by atoms with Crippen LogP contribution in [0.25, 0.3) is 66.2 Å². The molecule has 0 amide bonds. The van der Waals surface area contributed by atoms with Gasteiger partial charge in [-0.3, -0.25) is 4.98 Å². The fraction of sp³-hybridized carbons (Fsp3) is 0.0303. The first-order chi connectivity index (χ1) is 17.7. The van der Waals surface area contributed by atoms with E-state index in [-0.39, 0.29) is 0 Å². The van der Waals surface area contributed by atoms with Gasteiger partial charge < -0.3 is 4.42 Å². The lowest BCUT2D eigenvalue weighted by molar-refractivity contribution is 0.618. The topological polar surface area (TPSA) is 38.9 Å². The van der Waals surface area contributed by atoms with Crippen LogP contribution in [0.1, 0.15) is 5.69 Å². The predicted molar refractivity (Wildman–Crippen MR) is 148 cm³/mol. The second kappa shape index (κ2) is 8.17. The van der Waals surface area contributed by atoms with Gasteiger partial charge in [0.25, 0.3) is 0 Å². The summed E-state index contributed by atoms with van der Waals surface area (Å²) in [5, 5.41) is 4.49. The molecule has 0 unspecified atom stereocenters. The molecule has 0 atom stereocenters. The van der Waals surface area contributed by atoms with Gasteiger partial charge in [0, 0.05) is 33.8 Å². The Labute approximate surface area is 208 Å². The van der Waals surface area contributed by atoms with E-state index in [1.54, 1.807) is 6.26 Å². The first kappa shape index (κ1) is 20.6. The highest BCUT2D eigenvalue weighted by Crippen LogP contribution is 2.39. The smallest absolute Gasteiger partial charge is 0.160 e. The molecule has 0 bridgehead atoms. The quantitative estimate of drug-likeness (QED) is 0.263. The summed E-state index contributed by atoms with van der Waals surface area (Å²) in [4.78, 5) is 9.68. The average molecular weight is 463 g/mol. The first-order valence-electron chi connectivity index (χ1n) is 12.1. The second-order valence-electron chi connectivity index (χ2n) is 9.15. The van der Waals surface area contributed by atoms with E-state index in [2.05, 4.69) is 78.9 Å². The van der Waals surface area contributed by atoms with E-state index in [1.807, 2.05) is 37.4 Å². The van der Waals surface area contributed by atoms with E-state index < -0.39 is 0 Å². The van der Waals surface area contributed by atoms with Crippen molar-refractivity contribution in [1.29, 1.82) is 0 Å². The summed E-state index contributed by atoms with van der Waals surface area (Å²) in [6.45, 7) is 2.01. The number of pyridine rings is 2. The molecule has 0 spiro atoms. The minimum atomic E-state index is 0.815. The number of fused-ring (bicyclic) bond motifs is 4. The molecule has 0 aliphatic carbocycles. The predicted octanol–water partition coefficient (Wildman–Crippen LogP) is 8.84. The standard InChI is InChI=1S/C33H22N2O/c1-21-9-14-29-30(20-27-15-17-36-33(27)32(29)35-21)31-28(8-5-16-34-31)26-13-12-24-18-23(10-11-25(24)19-26)22-6-3-2-4-7-22/h2-20H,1H3. The number of aryl methyl sites for hydroxylation is 1. The maximum atomic E-state index is 5.80. The van der Waals surface area contributed by atoms with Gasteiger partial charge in [0.15, 0.2) is 5.58 Å². The molecule has 0 radical (unpaired) electrons. The molecular weight excluding hydrogens is 440 g/mol. The highest BCUT2D eigenvalue weighted by atomic mass is 16.3. The zero-order chi connectivity index (χ0) is 24.1. The molecule has 3 heterocycles. The molecule has 7 rings (SSSR count). The largest absolute Gasteiger partial charge is 0.462 e. The third-order valence-electron chi connectivity index (χ3n) is 6.86. The van der Waals surface area contributed by atoms with Crippen molar-refractivity contribution in [1.82, 2.24) is 9.97 Å². The average Bonchev–Trinajstić information content (AvgIpc) is 3.42. The molecule has 7 aromatic rings. The Morgan fingerprint density at radius 3 is 2.28 bits per heavy atom. The lowest BCUT2D eigenvalue weighted by atomic mass is 9.93. The van der Waals surface area contributed by atoms with Crippen molar-refractivity contribution >= 4 is 32.6 Å². The summed E-state index contributed by atoms with van der Waals surface area (Å²) in [5.74, 6) is 0. The normalized spacial score (nSPS) is 11.5. The van der Waals surface area contributed by atoms with Crippen LogP contribution >= 0.6 is 0 Å². The van der Waals surface area contributed by atoms with E-state index in [9.17, 15) is 0 Å². The molecule has 0 saturated carbocycles. The minimum Gasteiger partial charge on any atom is -0.462 e. The zero-order valence-corrected chi connectivity index (χ0v) is 19.8. The SMILES string of the molecule is Cc1ccc2c(-c3ncccc3-c3ccc4cc(-c5ccccc5)ccc4c3)cc3ccoc3c2n1. The van der Waals surface area contributed by atoms with Crippen LogP contribution in [0.15, 0.2) is 120 Å². The van der Waals surface area contributed by atoms with Crippen molar-refractivity contribution in [2.24, 2.45) is 0 Å². The third kappa shape index (κ3) is 3.37. The molecule has 0 aliphatic heterocycles. The van der Waals surface area contributed by atoms with Crippen LogP contribution in [0.5, 0.6) is 0 Å². The number of furan rings is 1. The Bertz CT molecular complexity index is 1900. The Hall–Kier alpha value is -4.76. The van der Waals surface area contributed by atoms with Crippen LogP contribution in [0.3, 0.4) is 0 Å². The molecule has 0 aliphatic rings. The molecule has 170 valence electrons. The number of rotatable bonds is 3. The maximum absolute atomic E-state index is 5.80. The summed E-state index contributed by atoms with van der Waals surface area (Å²) in [6.07, 6.45) is 3.59. The second-order valence-corrected chi connectivity index (χ2v) is 9.15. The van der Waals surface area contributed by atoms with Gasteiger partial charge in [0.1, 0.15) is 5.52 Å². The lowest BCUT2D eigenvalue weighted by Crippen LogP contribution is -1.93. The van der Waals surface area contributed by atoms with Crippen LogP contribution in [-0.2, 0) is 0 Å². The minimum absolute atomic E-state index is 0.815. The Morgan fingerprint density at radius 2 is 1.42 bits per heavy atom. The van der Waals surface area contributed by atoms with Crippen LogP contribution in [0, 0.1) is 6.92 Å². The molecule has 3 nitrogen and oxygen atoms in total. The van der Waals surface area contributed by atoms with E-state index in [4.69, 9.17) is 14.4 Å². The fourth-order valence-electron chi connectivity index (χ4n) is 5.08.